The maximum absolute atomic E-state index is 11.2. The second-order valence-electron chi connectivity index (χ2n) is 3.25. The van der Waals surface area contributed by atoms with Gasteiger partial charge in [0, 0.05) is 0 Å². The number of rotatable bonds is 1. The Bertz CT molecular complexity index is 503. The van der Waals surface area contributed by atoms with Crippen molar-refractivity contribution < 1.29 is 10.0 Å². The molecule has 80 valence electrons. The predicted octanol–water partition coefficient (Wildman–Crippen LogP) is 1.01. The first kappa shape index (κ1) is 10.1. The molecule has 0 atom stereocenters. The molecule has 5 heteroatoms. The lowest BCUT2D eigenvalue weighted by Gasteiger charge is -1.96. The molecule has 1 amide bonds. The molecule has 3 N–H and O–H groups in total. The average Bonchev–Trinajstić information content (AvgIpc) is 2.55. The van der Waals surface area contributed by atoms with Crippen LogP contribution in [0.25, 0.3) is 6.08 Å². The molecule has 5 nitrogen and oxygen atoms in total. The van der Waals surface area contributed by atoms with Gasteiger partial charge >= 0.3 is 0 Å². The topological polar surface area (TPSA) is 85.5 Å². The molecule has 1 fully saturated rings. The first-order valence-corrected chi connectivity index (χ1v) is 4.62. The van der Waals surface area contributed by atoms with Gasteiger partial charge in [-0.3, -0.25) is 10.2 Å². The van der Waals surface area contributed by atoms with Gasteiger partial charge in [0.2, 0.25) is 0 Å². The molecule has 0 spiro atoms. The number of nitrogens with zero attached hydrogens (tertiary/aromatic N) is 1. The van der Waals surface area contributed by atoms with E-state index in [2.05, 4.69) is 10.5 Å². The van der Waals surface area contributed by atoms with Crippen LogP contribution in [0.2, 0.25) is 0 Å². The van der Waals surface area contributed by atoms with Gasteiger partial charge in [0.15, 0.2) is 5.71 Å². The molecule has 1 saturated heterocycles. The van der Waals surface area contributed by atoms with E-state index in [1.807, 2.05) is 30.3 Å². The van der Waals surface area contributed by atoms with Crippen LogP contribution in [-0.2, 0) is 4.79 Å². The zero-order valence-corrected chi connectivity index (χ0v) is 8.27. The Morgan fingerprint density at radius 1 is 1.31 bits per heavy atom. The Morgan fingerprint density at radius 3 is 2.56 bits per heavy atom. The van der Waals surface area contributed by atoms with E-state index in [4.69, 9.17) is 10.6 Å². The van der Waals surface area contributed by atoms with E-state index in [1.165, 1.54) is 0 Å². The van der Waals surface area contributed by atoms with E-state index in [9.17, 15) is 4.79 Å². The third-order valence-corrected chi connectivity index (χ3v) is 2.18. The first-order chi connectivity index (χ1) is 7.72. The normalized spacial score (nSPS) is 20.5. The molecule has 0 radical (unpaired) electrons. The average molecular weight is 215 g/mol. The SMILES string of the molecule is N=C1/C(=C/c2ccccc2)NC(=O)/C1=N\O. The van der Waals surface area contributed by atoms with Crippen molar-refractivity contribution in [1.29, 1.82) is 5.41 Å². The second kappa shape index (κ2) is 3.98. The van der Waals surface area contributed by atoms with Crippen LogP contribution >= 0.6 is 0 Å². The molecule has 16 heavy (non-hydrogen) atoms. The summed E-state index contributed by atoms with van der Waals surface area (Å²) >= 11 is 0. The van der Waals surface area contributed by atoms with Crippen LogP contribution in [0, 0.1) is 5.41 Å². The fourth-order valence-corrected chi connectivity index (χ4v) is 1.40. The summed E-state index contributed by atoms with van der Waals surface area (Å²) in [6.07, 6.45) is 1.65. The number of hydrogen-bond acceptors (Lipinski definition) is 4. The van der Waals surface area contributed by atoms with Crippen molar-refractivity contribution in [2.45, 2.75) is 0 Å². The Morgan fingerprint density at radius 2 is 2.00 bits per heavy atom. The van der Waals surface area contributed by atoms with E-state index in [1.54, 1.807) is 6.08 Å². The van der Waals surface area contributed by atoms with E-state index in [-0.39, 0.29) is 11.4 Å². The first-order valence-electron chi connectivity index (χ1n) is 4.62. The molecule has 1 aromatic rings. The number of benzene rings is 1. The summed E-state index contributed by atoms with van der Waals surface area (Å²) in [6.45, 7) is 0. The van der Waals surface area contributed by atoms with Crippen LogP contribution < -0.4 is 5.32 Å². The summed E-state index contributed by atoms with van der Waals surface area (Å²) in [5.74, 6) is -0.560. The number of allylic oxidation sites excluding steroid dienone is 1. The van der Waals surface area contributed by atoms with Crippen LogP contribution in [0.3, 0.4) is 0 Å². The number of nitrogens with one attached hydrogen (secondary N) is 2. The zero-order chi connectivity index (χ0) is 11.5. The second-order valence-corrected chi connectivity index (χ2v) is 3.25. The summed E-state index contributed by atoms with van der Waals surface area (Å²) < 4.78 is 0. The van der Waals surface area contributed by atoms with Crippen LogP contribution in [0.5, 0.6) is 0 Å². The van der Waals surface area contributed by atoms with Crippen molar-refractivity contribution in [2.24, 2.45) is 5.16 Å². The Labute approximate surface area is 91.6 Å². The quantitative estimate of drug-likeness (QED) is 0.482. The summed E-state index contributed by atoms with van der Waals surface area (Å²) in [4.78, 5) is 11.2. The number of amides is 1. The molecule has 1 aliphatic rings. The van der Waals surface area contributed by atoms with E-state index in [0.29, 0.717) is 5.70 Å². The maximum atomic E-state index is 11.2. The van der Waals surface area contributed by atoms with Gasteiger partial charge in [-0.25, -0.2) is 0 Å². The Kier molecular flexibility index (Phi) is 2.51. The van der Waals surface area contributed by atoms with Gasteiger partial charge in [0.1, 0.15) is 5.71 Å². The third-order valence-electron chi connectivity index (χ3n) is 2.18. The van der Waals surface area contributed by atoms with Gasteiger partial charge in [-0.1, -0.05) is 35.5 Å². The predicted molar refractivity (Wildman–Crippen MR) is 59.5 cm³/mol. The van der Waals surface area contributed by atoms with Crippen molar-refractivity contribution >= 4 is 23.4 Å². The van der Waals surface area contributed by atoms with Gasteiger partial charge < -0.3 is 10.5 Å². The highest BCUT2D eigenvalue weighted by molar-refractivity contribution is 6.73. The standard InChI is InChI=1S/C11H9N3O2/c12-9-8(13-11(15)10(9)14-16)6-7-4-2-1-3-5-7/h1-6,12,16H,(H,13,15)/b8-6-,12-9?,14-10-. The van der Waals surface area contributed by atoms with Crippen LogP contribution in [0.1, 0.15) is 5.56 Å². The number of oxime groups is 1. The Hall–Kier alpha value is -2.43. The molecule has 1 aliphatic heterocycles. The zero-order valence-electron chi connectivity index (χ0n) is 8.27. The number of carbonyl (C=O) groups is 1. The number of carbonyl (C=O) groups excluding carboxylic acids is 1. The van der Waals surface area contributed by atoms with Crippen LogP contribution in [0.15, 0.2) is 41.2 Å². The summed E-state index contributed by atoms with van der Waals surface area (Å²) in [5.41, 5.74) is 0.837. The smallest absolute Gasteiger partial charge is 0.280 e. The van der Waals surface area contributed by atoms with Crippen LogP contribution in [0.4, 0.5) is 0 Å². The van der Waals surface area contributed by atoms with E-state index >= 15 is 0 Å². The lowest BCUT2D eigenvalue weighted by atomic mass is 10.1. The fraction of sp³-hybridized carbons (Fsp3) is 0. The summed E-state index contributed by atoms with van der Waals surface area (Å²) in [5, 5.41) is 21.4. The fourth-order valence-electron chi connectivity index (χ4n) is 1.40. The minimum Gasteiger partial charge on any atom is -0.410 e. The highest BCUT2D eigenvalue weighted by Crippen LogP contribution is 2.10. The third kappa shape index (κ3) is 1.70. The minimum atomic E-state index is -0.560. The molecule has 0 unspecified atom stereocenters. The van der Waals surface area contributed by atoms with Gasteiger partial charge in [-0.15, -0.1) is 0 Å². The van der Waals surface area contributed by atoms with Crippen molar-refractivity contribution in [3.63, 3.8) is 0 Å². The van der Waals surface area contributed by atoms with Gasteiger partial charge in [0.05, 0.1) is 5.70 Å². The van der Waals surface area contributed by atoms with Crippen LogP contribution in [-0.4, -0.2) is 22.5 Å². The van der Waals surface area contributed by atoms with E-state index in [0.717, 1.165) is 5.56 Å². The molecular weight excluding hydrogens is 206 g/mol. The minimum absolute atomic E-state index is 0.101. The summed E-state index contributed by atoms with van der Waals surface area (Å²) in [7, 11) is 0. The molecule has 2 rings (SSSR count). The maximum Gasteiger partial charge on any atom is 0.280 e. The van der Waals surface area contributed by atoms with Crippen molar-refractivity contribution in [3.05, 3.63) is 41.6 Å². The molecular formula is C11H9N3O2. The van der Waals surface area contributed by atoms with Gasteiger partial charge in [-0.2, -0.15) is 0 Å². The monoisotopic (exact) mass is 215 g/mol. The highest BCUT2D eigenvalue weighted by atomic mass is 16.4. The lowest BCUT2D eigenvalue weighted by Crippen LogP contribution is -2.18. The molecule has 1 aromatic carbocycles. The Balaban J connectivity index is 2.35. The van der Waals surface area contributed by atoms with Crippen molar-refractivity contribution in [3.8, 4) is 0 Å². The van der Waals surface area contributed by atoms with Crippen molar-refractivity contribution in [2.75, 3.05) is 0 Å². The highest BCUT2D eigenvalue weighted by Gasteiger charge is 2.29. The lowest BCUT2D eigenvalue weighted by molar-refractivity contribution is -0.113. The van der Waals surface area contributed by atoms with Gasteiger partial charge in [0.25, 0.3) is 5.91 Å². The molecule has 0 saturated carbocycles. The van der Waals surface area contributed by atoms with Crippen molar-refractivity contribution in [1.82, 2.24) is 5.32 Å². The molecule has 1 heterocycles. The number of hydrogen-bond donors (Lipinski definition) is 3. The van der Waals surface area contributed by atoms with Gasteiger partial charge in [-0.05, 0) is 11.6 Å². The molecule has 0 aliphatic carbocycles. The largest absolute Gasteiger partial charge is 0.410 e. The summed E-state index contributed by atoms with van der Waals surface area (Å²) in [6, 6.07) is 9.28. The molecule has 0 aromatic heterocycles. The molecule has 0 bridgehead atoms. The van der Waals surface area contributed by atoms with E-state index < -0.39 is 5.91 Å².